The van der Waals surface area contributed by atoms with Gasteiger partial charge in [0.1, 0.15) is 6.61 Å². The van der Waals surface area contributed by atoms with Crippen molar-refractivity contribution in [2.24, 2.45) is 0 Å². The number of hydrogen-bond donors (Lipinski definition) is 1. The number of hydrogen-bond acceptors (Lipinski definition) is 5. The molecule has 1 aromatic carbocycles. The van der Waals surface area contributed by atoms with E-state index in [4.69, 9.17) is 14.2 Å². The first kappa shape index (κ1) is 18.7. The summed E-state index contributed by atoms with van der Waals surface area (Å²) in [6.07, 6.45) is 1.57. The molecule has 0 spiro atoms. The van der Waals surface area contributed by atoms with Crippen molar-refractivity contribution in [3.8, 4) is 11.5 Å². The van der Waals surface area contributed by atoms with E-state index in [9.17, 15) is 4.79 Å². The molecule has 6 heteroatoms. The Kier molecular flexibility index (Phi) is 6.77. The van der Waals surface area contributed by atoms with Gasteiger partial charge in [-0.15, -0.1) is 0 Å². The van der Waals surface area contributed by atoms with Crippen molar-refractivity contribution in [1.29, 1.82) is 0 Å². The summed E-state index contributed by atoms with van der Waals surface area (Å²) in [5, 5.41) is 2.96. The molecule has 0 saturated heterocycles. The molecular formula is C19H24N2O4. The van der Waals surface area contributed by atoms with Gasteiger partial charge in [0, 0.05) is 19.0 Å². The van der Waals surface area contributed by atoms with Crippen LogP contribution < -0.4 is 14.8 Å². The molecule has 25 heavy (non-hydrogen) atoms. The smallest absolute Gasteiger partial charge is 0.253 e. The maximum Gasteiger partial charge on any atom is 0.253 e. The van der Waals surface area contributed by atoms with Gasteiger partial charge >= 0.3 is 0 Å². The summed E-state index contributed by atoms with van der Waals surface area (Å²) in [4.78, 5) is 16.5. The minimum atomic E-state index is -0.185. The number of benzene rings is 1. The van der Waals surface area contributed by atoms with Gasteiger partial charge in [0.05, 0.1) is 25.3 Å². The summed E-state index contributed by atoms with van der Waals surface area (Å²) in [6, 6.07) is 8.99. The third-order valence-corrected chi connectivity index (χ3v) is 3.75. The van der Waals surface area contributed by atoms with Crippen LogP contribution in [0.25, 0.3) is 0 Å². The van der Waals surface area contributed by atoms with Gasteiger partial charge in [-0.25, -0.2) is 0 Å². The number of nitrogens with zero attached hydrogens (tertiary/aromatic N) is 1. The first-order valence-electron chi connectivity index (χ1n) is 8.08. The number of pyridine rings is 1. The molecule has 0 radical (unpaired) electrons. The molecule has 1 amide bonds. The molecule has 134 valence electrons. The summed E-state index contributed by atoms with van der Waals surface area (Å²) in [5.41, 5.74) is 2.33. The molecule has 0 aliphatic carbocycles. The third kappa shape index (κ3) is 5.19. The van der Waals surface area contributed by atoms with E-state index in [0.717, 1.165) is 11.3 Å². The van der Waals surface area contributed by atoms with Crippen molar-refractivity contribution in [3.63, 3.8) is 0 Å². The standard InChI is InChI=1S/C19H24N2O4/c1-13-5-6-16(12-20-13)19(22)21-14(2)15-7-8-17(18(11-15)24-4)25-10-9-23-3/h5-8,11-12,14H,9-10H2,1-4H3,(H,21,22)/t14-/m1/s1. The highest BCUT2D eigenvalue weighted by Gasteiger charge is 2.14. The highest BCUT2D eigenvalue weighted by Crippen LogP contribution is 2.30. The molecule has 0 aliphatic rings. The number of methoxy groups -OCH3 is 2. The lowest BCUT2D eigenvalue weighted by Gasteiger charge is -2.17. The fourth-order valence-electron chi connectivity index (χ4n) is 2.27. The average Bonchev–Trinajstić information content (AvgIpc) is 2.62. The van der Waals surface area contributed by atoms with Crippen LogP contribution in [-0.4, -0.2) is 38.3 Å². The summed E-state index contributed by atoms with van der Waals surface area (Å²) < 4.78 is 16.0. The quantitative estimate of drug-likeness (QED) is 0.746. The molecular weight excluding hydrogens is 320 g/mol. The lowest BCUT2D eigenvalue weighted by Crippen LogP contribution is -2.26. The molecule has 0 bridgehead atoms. The minimum Gasteiger partial charge on any atom is -0.493 e. The highest BCUT2D eigenvalue weighted by atomic mass is 16.5. The summed E-state index contributed by atoms with van der Waals surface area (Å²) in [6.45, 7) is 4.74. The lowest BCUT2D eigenvalue weighted by molar-refractivity contribution is 0.0939. The van der Waals surface area contributed by atoms with Gasteiger partial charge in [-0.05, 0) is 43.7 Å². The SMILES string of the molecule is COCCOc1ccc([C@@H](C)NC(=O)c2ccc(C)nc2)cc1OC. The number of nitrogens with one attached hydrogen (secondary N) is 1. The zero-order valence-electron chi connectivity index (χ0n) is 15.0. The Morgan fingerprint density at radius 1 is 1.16 bits per heavy atom. The van der Waals surface area contributed by atoms with Crippen molar-refractivity contribution in [2.45, 2.75) is 19.9 Å². The fourth-order valence-corrected chi connectivity index (χ4v) is 2.27. The van der Waals surface area contributed by atoms with Crippen LogP contribution >= 0.6 is 0 Å². The second kappa shape index (κ2) is 9.03. The summed E-state index contributed by atoms with van der Waals surface area (Å²) in [7, 11) is 3.21. The number of ether oxygens (including phenoxy) is 3. The van der Waals surface area contributed by atoms with Crippen LogP contribution in [0.3, 0.4) is 0 Å². The van der Waals surface area contributed by atoms with Crippen molar-refractivity contribution >= 4 is 5.91 Å². The zero-order chi connectivity index (χ0) is 18.2. The number of rotatable bonds is 8. The maximum absolute atomic E-state index is 12.3. The van der Waals surface area contributed by atoms with Crippen LogP contribution in [0.15, 0.2) is 36.5 Å². The number of amides is 1. The third-order valence-electron chi connectivity index (χ3n) is 3.75. The second-order valence-corrected chi connectivity index (χ2v) is 5.63. The Morgan fingerprint density at radius 2 is 1.96 bits per heavy atom. The Balaban J connectivity index is 2.06. The second-order valence-electron chi connectivity index (χ2n) is 5.63. The normalized spacial score (nSPS) is 11.7. The van der Waals surface area contributed by atoms with Crippen molar-refractivity contribution < 1.29 is 19.0 Å². The maximum atomic E-state index is 12.3. The van der Waals surface area contributed by atoms with E-state index in [1.807, 2.05) is 38.1 Å². The Bertz CT molecular complexity index is 701. The number of aromatic nitrogens is 1. The van der Waals surface area contributed by atoms with E-state index in [0.29, 0.717) is 30.3 Å². The minimum absolute atomic E-state index is 0.167. The van der Waals surface area contributed by atoms with E-state index in [2.05, 4.69) is 10.3 Å². The Hall–Kier alpha value is -2.60. The van der Waals surface area contributed by atoms with Crippen molar-refractivity contribution in [2.75, 3.05) is 27.4 Å². The monoisotopic (exact) mass is 344 g/mol. The summed E-state index contributed by atoms with van der Waals surface area (Å²) in [5.74, 6) is 1.09. The molecule has 2 rings (SSSR count). The largest absolute Gasteiger partial charge is 0.493 e. The van der Waals surface area contributed by atoms with E-state index in [-0.39, 0.29) is 11.9 Å². The summed E-state index contributed by atoms with van der Waals surface area (Å²) >= 11 is 0. The van der Waals surface area contributed by atoms with Gasteiger partial charge in [-0.3, -0.25) is 9.78 Å². The van der Waals surface area contributed by atoms with Gasteiger partial charge in [-0.1, -0.05) is 6.07 Å². The predicted octanol–water partition coefficient (Wildman–Crippen LogP) is 2.91. The number of carbonyl (C=O) groups excluding carboxylic acids is 1. The first-order valence-corrected chi connectivity index (χ1v) is 8.08. The van der Waals surface area contributed by atoms with Crippen LogP contribution in [0, 0.1) is 6.92 Å². The van der Waals surface area contributed by atoms with Gasteiger partial charge in [0.25, 0.3) is 5.91 Å². The van der Waals surface area contributed by atoms with Crippen LogP contribution in [0.4, 0.5) is 0 Å². The fraction of sp³-hybridized carbons (Fsp3) is 0.368. The van der Waals surface area contributed by atoms with Crippen LogP contribution in [0.1, 0.15) is 34.6 Å². The van der Waals surface area contributed by atoms with E-state index < -0.39 is 0 Å². The topological polar surface area (TPSA) is 69.7 Å². The average molecular weight is 344 g/mol. The predicted molar refractivity (Wildman–Crippen MR) is 95.2 cm³/mol. The van der Waals surface area contributed by atoms with Gasteiger partial charge < -0.3 is 19.5 Å². The van der Waals surface area contributed by atoms with Gasteiger partial charge in [-0.2, -0.15) is 0 Å². The van der Waals surface area contributed by atoms with Crippen molar-refractivity contribution in [3.05, 3.63) is 53.3 Å². The highest BCUT2D eigenvalue weighted by molar-refractivity contribution is 5.94. The van der Waals surface area contributed by atoms with Crippen LogP contribution in [0.2, 0.25) is 0 Å². The van der Waals surface area contributed by atoms with Crippen LogP contribution in [0.5, 0.6) is 11.5 Å². The molecule has 1 atom stereocenters. The van der Waals surface area contributed by atoms with Crippen molar-refractivity contribution in [1.82, 2.24) is 10.3 Å². The van der Waals surface area contributed by atoms with E-state index in [1.165, 1.54) is 0 Å². The van der Waals surface area contributed by atoms with Gasteiger partial charge in [0.15, 0.2) is 11.5 Å². The zero-order valence-corrected chi connectivity index (χ0v) is 15.0. The molecule has 1 N–H and O–H groups in total. The first-order chi connectivity index (χ1) is 12.0. The number of carbonyl (C=O) groups is 1. The molecule has 0 unspecified atom stereocenters. The van der Waals surface area contributed by atoms with E-state index >= 15 is 0 Å². The van der Waals surface area contributed by atoms with E-state index in [1.54, 1.807) is 26.5 Å². The molecule has 0 fully saturated rings. The molecule has 0 saturated carbocycles. The lowest BCUT2D eigenvalue weighted by atomic mass is 10.1. The van der Waals surface area contributed by atoms with Crippen LogP contribution in [-0.2, 0) is 4.74 Å². The Morgan fingerprint density at radius 3 is 2.60 bits per heavy atom. The molecule has 0 aliphatic heterocycles. The molecule has 6 nitrogen and oxygen atoms in total. The molecule has 2 aromatic rings. The molecule has 1 heterocycles. The Labute approximate surface area is 148 Å². The number of aryl methyl sites for hydroxylation is 1. The van der Waals surface area contributed by atoms with Gasteiger partial charge in [0.2, 0.25) is 0 Å². The molecule has 1 aromatic heterocycles.